The maximum Gasteiger partial charge on any atom is 0.267 e. The van der Waals surface area contributed by atoms with Crippen molar-refractivity contribution in [2.75, 3.05) is 5.73 Å². The molecule has 1 aromatic heterocycles. The molecule has 0 aliphatic heterocycles. The molecule has 0 spiro atoms. The van der Waals surface area contributed by atoms with Crippen LogP contribution in [0, 0.1) is 5.82 Å². The van der Waals surface area contributed by atoms with E-state index in [0.717, 1.165) is 6.07 Å². The van der Waals surface area contributed by atoms with E-state index >= 15 is 0 Å². The van der Waals surface area contributed by atoms with Crippen molar-refractivity contribution in [2.45, 2.75) is 0 Å². The second kappa shape index (κ2) is 6.74. The minimum atomic E-state index is -0.700. The Morgan fingerprint density at radius 3 is 2.44 bits per heavy atom. The molecule has 2 aromatic carbocycles. The highest BCUT2D eigenvalue weighted by Crippen LogP contribution is 2.28. The lowest BCUT2D eigenvalue weighted by Gasteiger charge is -2.08. The van der Waals surface area contributed by atoms with Gasteiger partial charge in [0, 0.05) is 16.7 Å². The average molecular weight is 359 g/mol. The second-order valence-corrected chi connectivity index (χ2v) is 5.50. The predicted octanol–water partition coefficient (Wildman–Crippen LogP) is 3.41. The molecule has 0 saturated heterocycles. The van der Waals surface area contributed by atoms with Crippen LogP contribution in [-0.4, -0.2) is 15.9 Å². The number of ether oxygens (including phenoxy) is 1. The van der Waals surface area contributed by atoms with E-state index in [0.29, 0.717) is 11.3 Å². The summed E-state index contributed by atoms with van der Waals surface area (Å²) in [4.78, 5) is 19.4. The molecule has 126 valence electrons. The Hall–Kier alpha value is -3.19. The van der Waals surface area contributed by atoms with Crippen LogP contribution in [0.25, 0.3) is 11.4 Å². The van der Waals surface area contributed by atoms with E-state index in [9.17, 15) is 9.18 Å². The lowest BCUT2D eigenvalue weighted by Crippen LogP contribution is -2.14. The summed E-state index contributed by atoms with van der Waals surface area (Å²) in [5.74, 6) is -0.437. The number of primary amides is 1. The van der Waals surface area contributed by atoms with Gasteiger partial charge in [-0.2, -0.15) is 0 Å². The molecule has 1 amide bonds. The lowest BCUT2D eigenvalue weighted by atomic mass is 10.2. The molecule has 8 heteroatoms. The van der Waals surface area contributed by atoms with Gasteiger partial charge in [0.1, 0.15) is 17.3 Å². The zero-order valence-electron chi connectivity index (χ0n) is 12.7. The van der Waals surface area contributed by atoms with Gasteiger partial charge < -0.3 is 16.2 Å². The van der Waals surface area contributed by atoms with Gasteiger partial charge in [-0.25, -0.2) is 14.4 Å². The number of amides is 1. The summed E-state index contributed by atoms with van der Waals surface area (Å²) >= 11 is 5.70. The zero-order valence-corrected chi connectivity index (χ0v) is 13.5. The molecule has 0 saturated carbocycles. The number of nitrogens with two attached hydrogens (primary N) is 2. The van der Waals surface area contributed by atoms with Crippen molar-refractivity contribution in [1.82, 2.24) is 9.97 Å². The number of benzene rings is 2. The molecule has 4 N–H and O–H groups in total. The highest BCUT2D eigenvalue weighted by Gasteiger charge is 2.10. The van der Waals surface area contributed by atoms with Crippen LogP contribution >= 0.6 is 11.6 Å². The van der Waals surface area contributed by atoms with Crippen LogP contribution in [0.3, 0.4) is 0 Å². The first-order valence-corrected chi connectivity index (χ1v) is 7.48. The first kappa shape index (κ1) is 16.7. The molecule has 0 bridgehead atoms. The first-order chi connectivity index (χ1) is 11.9. The second-order valence-electron chi connectivity index (χ2n) is 5.07. The number of nitrogens with zero attached hydrogens (tertiary/aromatic N) is 2. The molecular formula is C17H12ClFN4O2. The van der Waals surface area contributed by atoms with Gasteiger partial charge in [-0.3, -0.25) is 4.79 Å². The molecule has 0 fully saturated rings. The number of rotatable bonds is 4. The topological polar surface area (TPSA) is 104 Å². The van der Waals surface area contributed by atoms with Gasteiger partial charge in [0.25, 0.3) is 5.91 Å². The van der Waals surface area contributed by atoms with E-state index < -0.39 is 11.7 Å². The Bertz CT molecular complexity index is 948. The van der Waals surface area contributed by atoms with Gasteiger partial charge in [-0.1, -0.05) is 11.6 Å². The van der Waals surface area contributed by atoms with Crippen LogP contribution in [0.5, 0.6) is 11.5 Å². The average Bonchev–Trinajstić information content (AvgIpc) is 2.57. The van der Waals surface area contributed by atoms with Crippen LogP contribution in [0.2, 0.25) is 5.02 Å². The summed E-state index contributed by atoms with van der Waals surface area (Å²) in [6, 6.07) is 12.0. The van der Waals surface area contributed by atoms with Gasteiger partial charge in [0.2, 0.25) is 0 Å². The Morgan fingerprint density at radius 2 is 1.80 bits per heavy atom. The fourth-order valence-corrected chi connectivity index (χ4v) is 2.24. The molecule has 1 heterocycles. The summed E-state index contributed by atoms with van der Waals surface area (Å²) in [5, 5.41) is 0.282. The number of aromatic nitrogens is 2. The van der Waals surface area contributed by atoms with Crippen LogP contribution < -0.4 is 16.2 Å². The number of anilines is 1. The minimum absolute atomic E-state index is 0.0195. The van der Waals surface area contributed by atoms with Crippen molar-refractivity contribution in [1.29, 1.82) is 0 Å². The minimum Gasteiger partial charge on any atom is -0.454 e. The zero-order chi connectivity index (χ0) is 18.0. The van der Waals surface area contributed by atoms with Crippen molar-refractivity contribution >= 4 is 23.3 Å². The Labute approximate surface area is 147 Å². The fraction of sp³-hybridized carbons (Fsp3) is 0. The standard InChI is InChI=1S/C17H12ClFN4O2/c18-10-3-6-14(12(19)7-10)25-11-4-1-9(2-5-11)17-22-13(16(21)24)8-15(20)23-17/h1-8H,(H2,21,24)(H2,20,22,23). The smallest absolute Gasteiger partial charge is 0.267 e. The van der Waals surface area contributed by atoms with Gasteiger partial charge in [0.05, 0.1) is 0 Å². The lowest BCUT2D eigenvalue weighted by molar-refractivity contribution is 0.0995. The molecule has 3 aromatic rings. The van der Waals surface area contributed by atoms with E-state index in [1.165, 1.54) is 18.2 Å². The number of hydrogen-bond acceptors (Lipinski definition) is 5. The summed E-state index contributed by atoms with van der Waals surface area (Å²) in [6.07, 6.45) is 0. The van der Waals surface area contributed by atoms with Crippen molar-refractivity contribution in [2.24, 2.45) is 5.73 Å². The monoisotopic (exact) mass is 358 g/mol. The van der Waals surface area contributed by atoms with Gasteiger partial charge in [0.15, 0.2) is 17.4 Å². The van der Waals surface area contributed by atoms with Crippen molar-refractivity contribution < 1.29 is 13.9 Å². The number of nitrogen functional groups attached to an aromatic ring is 1. The van der Waals surface area contributed by atoms with Gasteiger partial charge in [-0.15, -0.1) is 0 Å². The number of carbonyl (C=O) groups excluding carboxylic acids is 1. The molecular weight excluding hydrogens is 347 g/mol. The Kier molecular flexibility index (Phi) is 4.49. The normalized spacial score (nSPS) is 10.5. The van der Waals surface area contributed by atoms with Crippen molar-refractivity contribution in [3.8, 4) is 22.9 Å². The Morgan fingerprint density at radius 1 is 1.08 bits per heavy atom. The van der Waals surface area contributed by atoms with Crippen LogP contribution in [-0.2, 0) is 0 Å². The van der Waals surface area contributed by atoms with Crippen LogP contribution in [0.1, 0.15) is 10.5 Å². The summed E-state index contributed by atoms with van der Waals surface area (Å²) in [7, 11) is 0. The predicted molar refractivity (Wildman–Crippen MR) is 91.9 cm³/mol. The van der Waals surface area contributed by atoms with E-state index in [-0.39, 0.29) is 28.1 Å². The third kappa shape index (κ3) is 3.84. The SMILES string of the molecule is NC(=O)c1cc(N)nc(-c2ccc(Oc3ccc(Cl)cc3F)cc2)n1. The fourth-order valence-electron chi connectivity index (χ4n) is 2.08. The number of carbonyl (C=O) groups is 1. The quantitative estimate of drug-likeness (QED) is 0.743. The maximum absolute atomic E-state index is 13.8. The van der Waals surface area contributed by atoms with Crippen molar-refractivity contribution in [3.05, 3.63) is 65.1 Å². The Balaban J connectivity index is 1.86. The van der Waals surface area contributed by atoms with E-state index in [1.807, 2.05) is 0 Å². The summed E-state index contributed by atoms with van der Waals surface area (Å²) < 4.78 is 19.2. The highest BCUT2D eigenvalue weighted by molar-refractivity contribution is 6.30. The van der Waals surface area contributed by atoms with Gasteiger partial charge in [-0.05, 0) is 42.5 Å². The van der Waals surface area contributed by atoms with Crippen molar-refractivity contribution in [3.63, 3.8) is 0 Å². The van der Waals surface area contributed by atoms with E-state index in [4.69, 9.17) is 27.8 Å². The molecule has 0 radical (unpaired) electrons. The number of halogens is 2. The highest BCUT2D eigenvalue weighted by atomic mass is 35.5. The van der Waals surface area contributed by atoms with Crippen LogP contribution in [0.15, 0.2) is 48.5 Å². The van der Waals surface area contributed by atoms with Crippen LogP contribution in [0.4, 0.5) is 10.2 Å². The van der Waals surface area contributed by atoms with E-state index in [2.05, 4.69) is 9.97 Å². The summed E-state index contributed by atoms with van der Waals surface area (Å²) in [5.41, 5.74) is 11.5. The molecule has 25 heavy (non-hydrogen) atoms. The molecule has 0 aliphatic carbocycles. The van der Waals surface area contributed by atoms with Gasteiger partial charge >= 0.3 is 0 Å². The van der Waals surface area contributed by atoms with E-state index in [1.54, 1.807) is 24.3 Å². The number of hydrogen-bond donors (Lipinski definition) is 2. The third-order valence-electron chi connectivity index (χ3n) is 3.23. The largest absolute Gasteiger partial charge is 0.454 e. The summed E-state index contributed by atoms with van der Waals surface area (Å²) in [6.45, 7) is 0. The third-order valence-corrected chi connectivity index (χ3v) is 3.47. The molecule has 3 rings (SSSR count). The molecule has 0 aliphatic rings. The maximum atomic E-state index is 13.8. The molecule has 0 atom stereocenters. The molecule has 0 unspecified atom stereocenters. The first-order valence-electron chi connectivity index (χ1n) is 7.10. The molecule has 6 nitrogen and oxygen atoms in total.